The van der Waals surface area contributed by atoms with Gasteiger partial charge in [0.15, 0.2) is 5.69 Å². The van der Waals surface area contributed by atoms with Crippen LogP contribution in [-0.2, 0) is 4.79 Å². The number of aromatic nitrogens is 2. The van der Waals surface area contributed by atoms with Crippen LogP contribution >= 0.6 is 0 Å². The summed E-state index contributed by atoms with van der Waals surface area (Å²) < 4.78 is 0. The second kappa shape index (κ2) is 7.42. The Balaban J connectivity index is 2.53. The summed E-state index contributed by atoms with van der Waals surface area (Å²) in [5, 5.41) is 15.7. The Morgan fingerprint density at radius 2 is 1.90 bits per heavy atom. The van der Waals surface area contributed by atoms with Gasteiger partial charge in [-0.3, -0.25) is 9.59 Å². The van der Waals surface area contributed by atoms with E-state index in [0.29, 0.717) is 18.3 Å². The summed E-state index contributed by atoms with van der Waals surface area (Å²) in [6.45, 7) is 6.21. The molecule has 1 unspecified atom stereocenters. The van der Waals surface area contributed by atoms with Crippen LogP contribution in [0.1, 0.15) is 31.3 Å². The lowest BCUT2D eigenvalue weighted by atomic mass is 10.2. The minimum atomic E-state index is -0.618. The molecule has 1 heterocycles. The molecule has 0 aliphatic carbocycles. The third kappa shape index (κ3) is 4.83. The van der Waals surface area contributed by atoms with Gasteiger partial charge in [0, 0.05) is 13.6 Å². The number of anilines is 1. The van der Waals surface area contributed by atoms with Crippen LogP contribution in [0.2, 0.25) is 0 Å². The van der Waals surface area contributed by atoms with Crippen LogP contribution in [0.25, 0.3) is 0 Å². The zero-order valence-corrected chi connectivity index (χ0v) is 12.2. The van der Waals surface area contributed by atoms with Crippen molar-refractivity contribution >= 4 is 17.6 Å². The molecular weight excluding hydrogens is 258 g/mol. The van der Waals surface area contributed by atoms with Crippen LogP contribution in [0.4, 0.5) is 5.82 Å². The third-order valence-corrected chi connectivity index (χ3v) is 2.58. The van der Waals surface area contributed by atoms with E-state index in [0.717, 1.165) is 0 Å². The second-order valence-electron chi connectivity index (χ2n) is 4.89. The molecule has 2 amide bonds. The molecular formula is C13H21N5O2. The Morgan fingerprint density at radius 1 is 1.20 bits per heavy atom. The molecule has 0 aliphatic heterocycles. The fraction of sp³-hybridized carbons (Fsp3) is 0.538. The molecule has 1 rings (SSSR count). The first kappa shape index (κ1) is 15.9. The summed E-state index contributed by atoms with van der Waals surface area (Å²) in [5.74, 6) is 0.297. The molecule has 110 valence electrons. The molecule has 0 aliphatic rings. The van der Waals surface area contributed by atoms with Crippen LogP contribution in [-0.4, -0.2) is 41.6 Å². The first-order valence-corrected chi connectivity index (χ1v) is 6.54. The quantitative estimate of drug-likeness (QED) is 0.701. The average molecular weight is 279 g/mol. The minimum absolute atomic E-state index is 0.174. The standard InChI is InChI=1S/C13H21N5O2/c1-8(2)7-15-12(19)9(3)16-13(20)10-5-6-11(14-4)18-17-10/h5-6,8-9H,7H2,1-4H3,(H,14,18)(H,15,19)(H,16,20). The Morgan fingerprint density at radius 3 is 2.40 bits per heavy atom. The molecule has 20 heavy (non-hydrogen) atoms. The normalized spacial score (nSPS) is 11.8. The fourth-order valence-electron chi connectivity index (χ4n) is 1.38. The van der Waals surface area contributed by atoms with Gasteiger partial charge in [-0.15, -0.1) is 10.2 Å². The maximum Gasteiger partial charge on any atom is 0.272 e. The topological polar surface area (TPSA) is 96.0 Å². The Bertz CT molecular complexity index is 458. The number of amides is 2. The molecule has 0 radical (unpaired) electrons. The number of nitrogens with zero attached hydrogens (tertiary/aromatic N) is 2. The maximum atomic E-state index is 11.9. The van der Waals surface area contributed by atoms with Crippen LogP contribution in [0.3, 0.4) is 0 Å². The third-order valence-electron chi connectivity index (χ3n) is 2.58. The second-order valence-corrected chi connectivity index (χ2v) is 4.89. The Labute approximate surface area is 118 Å². The summed E-state index contributed by atoms with van der Waals surface area (Å²) in [6, 6.07) is 2.57. The first-order valence-electron chi connectivity index (χ1n) is 6.54. The fourth-order valence-corrected chi connectivity index (χ4v) is 1.38. The lowest BCUT2D eigenvalue weighted by molar-refractivity contribution is -0.122. The number of carbonyl (C=O) groups is 2. The molecule has 0 aromatic carbocycles. The Hall–Kier alpha value is -2.18. The molecule has 0 bridgehead atoms. The van der Waals surface area contributed by atoms with E-state index in [1.807, 2.05) is 13.8 Å². The van der Waals surface area contributed by atoms with E-state index in [1.54, 1.807) is 26.1 Å². The van der Waals surface area contributed by atoms with Gasteiger partial charge in [-0.05, 0) is 25.0 Å². The molecule has 0 fully saturated rings. The van der Waals surface area contributed by atoms with Crippen molar-refractivity contribution in [3.63, 3.8) is 0 Å². The van der Waals surface area contributed by atoms with Gasteiger partial charge in [0.25, 0.3) is 5.91 Å². The van der Waals surface area contributed by atoms with Crippen LogP contribution in [0.15, 0.2) is 12.1 Å². The largest absolute Gasteiger partial charge is 0.372 e. The molecule has 1 aromatic heterocycles. The highest BCUT2D eigenvalue weighted by Crippen LogP contribution is 2.01. The maximum absolute atomic E-state index is 11.9. The number of hydrogen-bond acceptors (Lipinski definition) is 5. The lowest BCUT2D eigenvalue weighted by Crippen LogP contribution is -2.45. The monoisotopic (exact) mass is 279 g/mol. The zero-order valence-electron chi connectivity index (χ0n) is 12.2. The van der Waals surface area contributed by atoms with E-state index in [9.17, 15) is 9.59 Å². The molecule has 3 N–H and O–H groups in total. The van der Waals surface area contributed by atoms with Crippen molar-refractivity contribution in [2.45, 2.75) is 26.8 Å². The number of hydrogen-bond donors (Lipinski definition) is 3. The minimum Gasteiger partial charge on any atom is -0.372 e. The summed E-state index contributed by atoms with van der Waals surface area (Å²) >= 11 is 0. The van der Waals surface area contributed by atoms with Gasteiger partial charge in [-0.1, -0.05) is 13.8 Å². The summed E-state index contributed by atoms with van der Waals surface area (Å²) in [7, 11) is 1.71. The zero-order chi connectivity index (χ0) is 15.1. The number of carbonyl (C=O) groups excluding carboxylic acids is 2. The van der Waals surface area contributed by atoms with Crippen LogP contribution in [0.5, 0.6) is 0 Å². The van der Waals surface area contributed by atoms with Gasteiger partial charge in [-0.2, -0.15) is 0 Å². The average Bonchev–Trinajstić information content (AvgIpc) is 2.44. The molecule has 0 saturated carbocycles. The van der Waals surface area contributed by atoms with Gasteiger partial charge in [0.2, 0.25) is 5.91 Å². The van der Waals surface area contributed by atoms with Crippen LogP contribution < -0.4 is 16.0 Å². The van der Waals surface area contributed by atoms with Crippen molar-refractivity contribution in [1.29, 1.82) is 0 Å². The van der Waals surface area contributed by atoms with Crippen molar-refractivity contribution in [3.05, 3.63) is 17.8 Å². The van der Waals surface area contributed by atoms with Gasteiger partial charge in [0.05, 0.1) is 0 Å². The van der Waals surface area contributed by atoms with E-state index in [2.05, 4.69) is 26.1 Å². The SMILES string of the molecule is CNc1ccc(C(=O)NC(C)C(=O)NCC(C)C)nn1. The highest BCUT2D eigenvalue weighted by Gasteiger charge is 2.17. The molecule has 1 aromatic rings. The van der Waals surface area contributed by atoms with E-state index in [-0.39, 0.29) is 11.6 Å². The predicted molar refractivity (Wildman–Crippen MR) is 76.4 cm³/mol. The molecule has 7 nitrogen and oxygen atoms in total. The summed E-state index contributed by atoms with van der Waals surface area (Å²) in [6.07, 6.45) is 0. The first-order chi connectivity index (χ1) is 9.43. The Kier molecular flexibility index (Phi) is 5.89. The van der Waals surface area contributed by atoms with Crippen molar-refractivity contribution in [2.75, 3.05) is 18.9 Å². The molecule has 7 heteroatoms. The number of nitrogens with one attached hydrogen (secondary N) is 3. The summed E-state index contributed by atoms with van der Waals surface area (Å²) in [4.78, 5) is 23.6. The van der Waals surface area contributed by atoms with Crippen molar-refractivity contribution in [2.24, 2.45) is 5.92 Å². The lowest BCUT2D eigenvalue weighted by Gasteiger charge is -2.14. The van der Waals surface area contributed by atoms with E-state index in [1.165, 1.54) is 0 Å². The van der Waals surface area contributed by atoms with Crippen molar-refractivity contribution < 1.29 is 9.59 Å². The summed E-state index contributed by atoms with van der Waals surface area (Å²) in [5.41, 5.74) is 0.174. The van der Waals surface area contributed by atoms with E-state index < -0.39 is 11.9 Å². The van der Waals surface area contributed by atoms with Crippen molar-refractivity contribution in [3.8, 4) is 0 Å². The van der Waals surface area contributed by atoms with Gasteiger partial charge < -0.3 is 16.0 Å². The van der Waals surface area contributed by atoms with E-state index >= 15 is 0 Å². The van der Waals surface area contributed by atoms with Gasteiger partial charge in [-0.25, -0.2) is 0 Å². The smallest absolute Gasteiger partial charge is 0.272 e. The van der Waals surface area contributed by atoms with Gasteiger partial charge >= 0.3 is 0 Å². The highest BCUT2D eigenvalue weighted by molar-refractivity contribution is 5.95. The van der Waals surface area contributed by atoms with Gasteiger partial charge in [0.1, 0.15) is 11.9 Å². The predicted octanol–water partition coefficient (Wildman–Crippen LogP) is 0.409. The molecule has 1 atom stereocenters. The van der Waals surface area contributed by atoms with Crippen molar-refractivity contribution in [1.82, 2.24) is 20.8 Å². The highest BCUT2D eigenvalue weighted by atomic mass is 16.2. The molecule has 0 saturated heterocycles. The van der Waals surface area contributed by atoms with E-state index in [4.69, 9.17) is 0 Å². The molecule has 0 spiro atoms. The number of rotatable bonds is 6. The van der Waals surface area contributed by atoms with Crippen LogP contribution in [0, 0.1) is 5.92 Å².